The van der Waals surface area contributed by atoms with Crippen LogP contribution in [0.25, 0.3) is 23.1 Å². The zero-order valence-corrected chi connectivity index (χ0v) is 13.9. The predicted octanol–water partition coefficient (Wildman–Crippen LogP) is 2.78. The number of carbonyl (C=O) groups excluding carboxylic acids is 1. The van der Waals surface area contributed by atoms with Gasteiger partial charge in [0.15, 0.2) is 0 Å². The van der Waals surface area contributed by atoms with Gasteiger partial charge >= 0.3 is 0 Å². The van der Waals surface area contributed by atoms with Crippen molar-refractivity contribution in [3.05, 3.63) is 65.4 Å². The van der Waals surface area contributed by atoms with Crippen molar-refractivity contribution in [2.45, 2.75) is 0 Å². The average Bonchev–Trinajstić information content (AvgIpc) is 3.10. The first-order valence-electron chi connectivity index (χ1n) is 8.52. The van der Waals surface area contributed by atoms with Gasteiger partial charge in [0.05, 0.1) is 11.2 Å². The summed E-state index contributed by atoms with van der Waals surface area (Å²) in [5.41, 5.74) is 3.73. The van der Waals surface area contributed by atoms with E-state index in [2.05, 4.69) is 15.5 Å². The van der Waals surface area contributed by atoms with E-state index < -0.39 is 0 Å². The quantitative estimate of drug-likeness (QED) is 0.775. The van der Waals surface area contributed by atoms with Crippen LogP contribution in [0.3, 0.4) is 0 Å². The Kier molecular flexibility index (Phi) is 4.31. The minimum Gasteiger partial charge on any atom is -0.336 e. The van der Waals surface area contributed by atoms with Crippen LogP contribution in [0.15, 0.2) is 48.5 Å². The number of fused-ring (bicyclic) bond motifs is 1. The first kappa shape index (κ1) is 15.6. The van der Waals surface area contributed by atoms with Crippen molar-refractivity contribution in [3.63, 3.8) is 0 Å². The highest BCUT2D eigenvalue weighted by Gasteiger charge is 2.17. The van der Waals surface area contributed by atoms with Crippen molar-refractivity contribution in [2.24, 2.45) is 0 Å². The molecular weight excluding hydrogens is 312 g/mol. The van der Waals surface area contributed by atoms with Crippen molar-refractivity contribution in [1.82, 2.24) is 20.4 Å². The molecule has 0 saturated carbocycles. The summed E-state index contributed by atoms with van der Waals surface area (Å²) in [6.45, 7) is 3.27. The summed E-state index contributed by atoms with van der Waals surface area (Å²) in [7, 11) is 0. The Morgan fingerprint density at radius 3 is 2.56 bits per heavy atom. The molecule has 1 aromatic heterocycles. The number of hydrogen-bond acceptors (Lipinski definition) is 3. The summed E-state index contributed by atoms with van der Waals surface area (Å²) in [6, 6.07) is 15.8. The summed E-state index contributed by atoms with van der Waals surface area (Å²) in [5, 5.41) is 11.7. The molecule has 2 heterocycles. The van der Waals surface area contributed by atoms with Crippen LogP contribution in [0.5, 0.6) is 0 Å². The number of hydrogen-bond donors (Lipinski definition) is 2. The number of piperazine rings is 1. The standard InChI is InChI=1S/C20H20N4O/c25-20(24-13-11-21-12-14-24)16-8-5-15(6-9-16)7-10-19-17-3-1-2-4-18(17)22-23-19/h1-10,21H,11-14H2,(H,22,23)/b10-7-. The van der Waals surface area contributed by atoms with E-state index in [-0.39, 0.29) is 5.91 Å². The lowest BCUT2D eigenvalue weighted by Gasteiger charge is -2.27. The Labute approximate surface area is 146 Å². The first-order chi connectivity index (χ1) is 12.3. The SMILES string of the molecule is O=C(c1ccc(/C=C\c2n[nH]c3ccccc23)cc1)N1CCNCC1. The number of H-pyrrole nitrogens is 1. The molecule has 5 heteroatoms. The highest BCUT2D eigenvalue weighted by molar-refractivity contribution is 5.95. The van der Waals surface area contributed by atoms with Crippen molar-refractivity contribution in [2.75, 3.05) is 26.2 Å². The molecule has 0 unspecified atom stereocenters. The Morgan fingerprint density at radius 1 is 1.00 bits per heavy atom. The van der Waals surface area contributed by atoms with E-state index in [0.29, 0.717) is 0 Å². The summed E-state index contributed by atoms with van der Waals surface area (Å²) >= 11 is 0. The fraction of sp³-hybridized carbons (Fsp3) is 0.200. The summed E-state index contributed by atoms with van der Waals surface area (Å²) < 4.78 is 0. The smallest absolute Gasteiger partial charge is 0.253 e. The highest BCUT2D eigenvalue weighted by Crippen LogP contribution is 2.18. The van der Waals surface area contributed by atoms with E-state index in [1.54, 1.807) is 0 Å². The molecule has 0 radical (unpaired) electrons. The normalized spacial score (nSPS) is 15.1. The van der Waals surface area contributed by atoms with Gasteiger partial charge in [-0.25, -0.2) is 0 Å². The van der Waals surface area contributed by atoms with Gasteiger partial charge in [-0.3, -0.25) is 9.89 Å². The molecule has 2 N–H and O–H groups in total. The maximum Gasteiger partial charge on any atom is 0.253 e. The van der Waals surface area contributed by atoms with Crippen molar-refractivity contribution in [1.29, 1.82) is 0 Å². The van der Waals surface area contributed by atoms with Crippen LogP contribution in [0, 0.1) is 0 Å². The van der Waals surface area contributed by atoms with Gasteiger partial charge in [-0.2, -0.15) is 5.10 Å². The third-order valence-corrected chi connectivity index (χ3v) is 4.50. The minimum atomic E-state index is 0.107. The lowest BCUT2D eigenvalue weighted by molar-refractivity contribution is 0.0736. The fourth-order valence-electron chi connectivity index (χ4n) is 3.07. The third-order valence-electron chi connectivity index (χ3n) is 4.50. The van der Waals surface area contributed by atoms with E-state index in [4.69, 9.17) is 0 Å². The number of amides is 1. The first-order valence-corrected chi connectivity index (χ1v) is 8.52. The minimum absolute atomic E-state index is 0.107. The highest BCUT2D eigenvalue weighted by atomic mass is 16.2. The number of carbonyl (C=O) groups is 1. The molecule has 1 amide bonds. The van der Waals surface area contributed by atoms with Crippen LogP contribution in [-0.4, -0.2) is 47.2 Å². The number of aromatic nitrogens is 2. The summed E-state index contributed by atoms with van der Waals surface area (Å²) in [4.78, 5) is 14.4. The van der Waals surface area contributed by atoms with Crippen molar-refractivity contribution < 1.29 is 4.79 Å². The van der Waals surface area contributed by atoms with Crippen LogP contribution in [0.1, 0.15) is 21.6 Å². The van der Waals surface area contributed by atoms with Crippen LogP contribution in [0.2, 0.25) is 0 Å². The van der Waals surface area contributed by atoms with E-state index in [9.17, 15) is 4.79 Å². The molecule has 0 bridgehead atoms. The molecule has 0 atom stereocenters. The predicted molar refractivity (Wildman–Crippen MR) is 100 cm³/mol. The summed E-state index contributed by atoms with van der Waals surface area (Å²) in [5.74, 6) is 0.107. The van der Waals surface area contributed by atoms with Crippen LogP contribution < -0.4 is 5.32 Å². The summed E-state index contributed by atoms with van der Waals surface area (Å²) in [6.07, 6.45) is 4.01. The Hall–Kier alpha value is -2.92. The van der Waals surface area contributed by atoms with Crippen LogP contribution in [-0.2, 0) is 0 Å². The largest absolute Gasteiger partial charge is 0.336 e. The number of aromatic amines is 1. The second kappa shape index (κ2) is 6.91. The van der Waals surface area contributed by atoms with E-state index in [0.717, 1.165) is 53.9 Å². The lowest BCUT2D eigenvalue weighted by atomic mass is 10.1. The number of nitrogens with zero attached hydrogens (tertiary/aromatic N) is 2. The number of para-hydroxylation sites is 1. The van der Waals surface area contributed by atoms with Crippen LogP contribution in [0.4, 0.5) is 0 Å². The van der Waals surface area contributed by atoms with E-state index in [1.165, 1.54) is 0 Å². The molecule has 1 aliphatic rings. The molecule has 2 aromatic carbocycles. The fourth-order valence-corrected chi connectivity index (χ4v) is 3.07. The maximum absolute atomic E-state index is 12.5. The molecule has 1 saturated heterocycles. The average molecular weight is 332 g/mol. The molecular formula is C20H20N4O. The Balaban J connectivity index is 1.49. The number of nitrogens with one attached hydrogen (secondary N) is 2. The van der Waals surface area contributed by atoms with Gasteiger partial charge in [-0.1, -0.05) is 36.4 Å². The van der Waals surface area contributed by atoms with Crippen molar-refractivity contribution >= 4 is 29.0 Å². The van der Waals surface area contributed by atoms with Gasteiger partial charge in [0.1, 0.15) is 0 Å². The second-order valence-corrected chi connectivity index (χ2v) is 6.15. The zero-order valence-electron chi connectivity index (χ0n) is 13.9. The lowest BCUT2D eigenvalue weighted by Crippen LogP contribution is -2.46. The van der Waals surface area contributed by atoms with Gasteiger partial charge in [0.2, 0.25) is 0 Å². The number of benzene rings is 2. The molecule has 1 aliphatic heterocycles. The molecule has 4 rings (SSSR count). The molecule has 0 aliphatic carbocycles. The maximum atomic E-state index is 12.5. The van der Waals surface area contributed by atoms with Crippen LogP contribution >= 0.6 is 0 Å². The molecule has 0 spiro atoms. The van der Waals surface area contributed by atoms with Crippen molar-refractivity contribution in [3.8, 4) is 0 Å². The molecule has 1 fully saturated rings. The molecule has 5 nitrogen and oxygen atoms in total. The zero-order chi connectivity index (χ0) is 17.1. The van der Waals surface area contributed by atoms with Gasteiger partial charge in [-0.15, -0.1) is 0 Å². The third kappa shape index (κ3) is 3.32. The second-order valence-electron chi connectivity index (χ2n) is 6.15. The molecule has 3 aromatic rings. The molecule has 25 heavy (non-hydrogen) atoms. The monoisotopic (exact) mass is 332 g/mol. The number of rotatable bonds is 3. The van der Waals surface area contributed by atoms with E-state index >= 15 is 0 Å². The molecule has 126 valence electrons. The van der Waals surface area contributed by atoms with Gasteiger partial charge in [0.25, 0.3) is 5.91 Å². The van der Waals surface area contributed by atoms with E-state index in [1.807, 2.05) is 65.6 Å². The van der Waals surface area contributed by atoms with Gasteiger partial charge in [-0.05, 0) is 29.8 Å². The Bertz CT molecular complexity index is 905. The van der Waals surface area contributed by atoms with Gasteiger partial charge in [0, 0.05) is 37.1 Å². The topological polar surface area (TPSA) is 61.0 Å². The Morgan fingerprint density at radius 2 is 1.76 bits per heavy atom. The van der Waals surface area contributed by atoms with Gasteiger partial charge < -0.3 is 10.2 Å².